The van der Waals surface area contributed by atoms with E-state index in [9.17, 15) is 13.6 Å². The van der Waals surface area contributed by atoms with Gasteiger partial charge >= 0.3 is 0 Å². The fourth-order valence-corrected chi connectivity index (χ4v) is 1.61. The molecule has 0 spiro atoms. The van der Waals surface area contributed by atoms with Crippen molar-refractivity contribution >= 4 is 11.6 Å². The Morgan fingerprint density at radius 1 is 1.10 bits per heavy atom. The van der Waals surface area contributed by atoms with Crippen molar-refractivity contribution in [1.82, 2.24) is 0 Å². The van der Waals surface area contributed by atoms with Gasteiger partial charge in [0.05, 0.1) is 0 Å². The first-order valence-corrected chi connectivity index (χ1v) is 5.98. The molecule has 0 heterocycles. The molecule has 2 rings (SSSR count). The Hall–Kier alpha value is -2.43. The van der Waals surface area contributed by atoms with Crippen molar-refractivity contribution < 1.29 is 18.3 Å². The van der Waals surface area contributed by atoms with Crippen LogP contribution < -0.4 is 10.1 Å². The summed E-state index contributed by atoms with van der Waals surface area (Å²) in [6.07, 6.45) is 0. The molecule has 20 heavy (non-hydrogen) atoms. The molecule has 2 aromatic carbocycles. The van der Waals surface area contributed by atoms with Crippen LogP contribution in [0.2, 0.25) is 0 Å². The third kappa shape index (κ3) is 4.05. The van der Waals surface area contributed by atoms with Crippen LogP contribution in [0.15, 0.2) is 42.5 Å². The molecule has 0 radical (unpaired) electrons. The molecule has 0 saturated heterocycles. The molecule has 0 aliphatic heterocycles. The van der Waals surface area contributed by atoms with E-state index in [1.54, 1.807) is 12.1 Å². The number of aryl methyl sites for hydroxylation is 1. The number of rotatable bonds is 4. The summed E-state index contributed by atoms with van der Waals surface area (Å²) in [5, 5.41) is 2.36. The minimum Gasteiger partial charge on any atom is -0.484 e. The van der Waals surface area contributed by atoms with Crippen LogP contribution in [0.3, 0.4) is 0 Å². The second kappa shape index (κ2) is 6.14. The number of nitrogens with one attached hydrogen (secondary N) is 1. The van der Waals surface area contributed by atoms with Gasteiger partial charge in [0.15, 0.2) is 6.61 Å². The monoisotopic (exact) mass is 277 g/mol. The highest BCUT2D eigenvalue weighted by Gasteiger charge is 2.06. The lowest BCUT2D eigenvalue weighted by Gasteiger charge is -2.08. The second-order valence-electron chi connectivity index (χ2n) is 4.31. The van der Waals surface area contributed by atoms with Crippen LogP contribution in [0.5, 0.6) is 5.75 Å². The average Bonchev–Trinajstić information content (AvgIpc) is 2.37. The molecule has 0 saturated carbocycles. The number of ether oxygens (including phenoxy) is 1. The van der Waals surface area contributed by atoms with Gasteiger partial charge in [-0.25, -0.2) is 8.78 Å². The van der Waals surface area contributed by atoms with E-state index in [-0.39, 0.29) is 12.3 Å². The molecule has 104 valence electrons. The summed E-state index contributed by atoms with van der Waals surface area (Å²) in [6, 6.07) is 10.00. The zero-order valence-corrected chi connectivity index (χ0v) is 10.8. The lowest BCUT2D eigenvalue weighted by Crippen LogP contribution is -2.20. The van der Waals surface area contributed by atoms with Crippen molar-refractivity contribution in [2.24, 2.45) is 0 Å². The molecule has 0 fully saturated rings. The van der Waals surface area contributed by atoms with Crippen LogP contribution in [-0.4, -0.2) is 12.5 Å². The van der Waals surface area contributed by atoms with Crippen molar-refractivity contribution in [2.45, 2.75) is 6.92 Å². The van der Waals surface area contributed by atoms with Gasteiger partial charge < -0.3 is 10.1 Å². The number of carbonyl (C=O) groups is 1. The first kappa shape index (κ1) is 14.0. The van der Waals surface area contributed by atoms with Gasteiger partial charge in [-0.05, 0) is 31.2 Å². The topological polar surface area (TPSA) is 38.3 Å². The van der Waals surface area contributed by atoms with E-state index in [0.717, 1.165) is 23.8 Å². The molecule has 2 aromatic rings. The molecular weight excluding hydrogens is 264 g/mol. The maximum absolute atomic E-state index is 12.9. The zero-order valence-electron chi connectivity index (χ0n) is 10.8. The normalized spacial score (nSPS) is 10.2. The second-order valence-corrected chi connectivity index (χ2v) is 4.31. The maximum Gasteiger partial charge on any atom is 0.262 e. The molecule has 1 amide bonds. The van der Waals surface area contributed by atoms with Gasteiger partial charge in [-0.15, -0.1) is 0 Å². The SMILES string of the molecule is Cc1ccc(OCC(=O)Nc2cc(F)cc(F)c2)cc1. The number of halogens is 2. The largest absolute Gasteiger partial charge is 0.484 e. The van der Waals surface area contributed by atoms with Crippen molar-refractivity contribution in [3.8, 4) is 5.75 Å². The number of amides is 1. The Morgan fingerprint density at radius 2 is 1.70 bits per heavy atom. The fourth-order valence-electron chi connectivity index (χ4n) is 1.61. The Kier molecular flexibility index (Phi) is 4.30. The van der Waals surface area contributed by atoms with Crippen LogP contribution in [0, 0.1) is 18.6 Å². The number of hydrogen-bond acceptors (Lipinski definition) is 2. The van der Waals surface area contributed by atoms with E-state index >= 15 is 0 Å². The molecule has 0 unspecified atom stereocenters. The summed E-state index contributed by atoms with van der Waals surface area (Å²) < 4.78 is 31.1. The third-order valence-corrected chi connectivity index (χ3v) is 2.54. The Bertz CT molecular complexity index is 592. The zero-order chi connectivity index (χ0) is 14.5. The van der Waals surface area contributed by atoms with Crippen LogP contribution in [0.1, 0.15) is 5.56 Å². The molecule has 0 atom stereocenters. The molecule has 0 aromatic heterocycles. The van der Waals surface area contributed by atoms with Crippen molar-refractivity contribution in [1.29, 1.82) is 0 Å². The van der Waals surface area contributed by atoms with Gasteiger partial charge in [-0.2, -0.15) is 0 Å². The molecule has 3 nitrogen and oxygen atoms in total. The summed E-state index contributed by atoms with van der Waals surface area (Å²) in [7, 11) is 0. The summed E-state index contributed by atoms with van der Waals surface area (Å²) in [5.74, 6) is -1.44. The number of carbonyl (C=O) groups excluding carboxylic acids is 1. The molecule has 5 heteroatoms. The highest BCUT2D eigenvalue weighted by Crippen LogP contribution is 2.14. The minimum absolute atomic E-state index is 0.0556. The van der Waals surface area contributed by atoms with Crippen molar-refractivity contribution in [2.75, 3.05) is 11.9 Å². The van der Waals surface area contributed by atoms with Crippen molar-refractivity contribution in [3.05, 3.63) is 59.7 Å². The van der Waals surface area contributed by atoms with Crippen LogP contribution in [0.4, 0.5) is 14.5 Å². The van der Waals surface area contributed by atoms with Gasteiger partial charge in [0, 0.05) is 11.8 Å². The predicted octanol–water partition coefficient (Wildman–Crippen LogP) is 3.29. The first-order valence-electron chi connectivity index (χ1n) is 5.98. The fraction of sp³-hybridized carbons (Fsp3) is 0.133. The molecule has 0 bridgehead atoms. The lowest BCUT2D eigenvalue weighted by molar-refractivity contribution is -0.118. The van der Waals surface area contributed by atoms with Crippen LogP contribution in [0.25, 0.3) is 0 Å². The first-order chi connectivity index (χ1) is 9.52. The van der Waals surface area contributed by atoms with E-state index in [2.05, 4.69) is 5.32 Å². The quantitative estimate of drug-likeness (QED) is 0.931. The summed E-state index contributed by atoms with van der Waals surface area (Å²) >= 11 is 0. The molecule has 0 aliphatic rings. The highest BCUT2D eigenvalue weighted by atomic mass is 19.1. The standard InChI is InChI=1S/C15H13F2NO2/c1-10-2-4-14(5-3-10)20-9-15(19)18-13-7-11(16)6-12(17)8-13/h2-8H,9H2,1H3,(H,18,19). The van der Waals surface area contributed by atoms with E-state index in [1.807, 2.05) is 19.1 Å². The van der Waals surface area contributed by atoms with Crippen LogP contribution in [-0.2, 0) is 4.79 Å². The predicted molar refractivity (Wildman–Crippen MR) is 71.7 cm³/mol. The summed E-state index contributed by atoms with van der Waals surface area (Å²) in [5.41, 5.74) is 1.14. The Labute approximate surface area is 115 Å². The lowest BCUT2D eigenvalue weighted by atomic mass is 10.2. The summed E-state index contributed by atoms with van der Waals surface area (Å²) in [4.78, 5) is 11.6. The number of benzene rings is 2. The Balaban J connectivity index is 1.90. The third-order valence-electron chi connectivity index (χ3n) is 2.54. The van der Waals surface area contributed by atoms with Gasteiger partial charge in [0.25, 0.3) is 5.91 Å². The smallest absolute Gasteiger partial charge is 0.262 e. The van der Waals surface area contributed by atoms with Gasteiger partial charge in [0.1, 0.15) is 17.4 Å². The van der Waals surface area contributed by atoms with E-state index in [0.29, 0.717) is 5.75 Å². The van der Waals surface area contributed by atoms with Gasteiger partial charge in [-0.1, -0.05) is 17.7 Å². The van der Waals surface area contributed by atoms with Crippen molar-refractivity contribution in [3.63, 3.8) is 0 Å². The highest BCUT2D eigenvalue weighted by molar-refractivity contribution is 5.91. The maximum atomic E-state index is 12.9. The average molecular weight is 277 g/mol. The van der Waals surface area contributed by atoms with Gasteiger partial charge in [-0.3, -0.25) is 4.79 Å². The molecular formula is C15H13F2NO2. The van der Waals surface area contributed by atoms with E-state index < -0.39 is 17.5 Å². The van der Waals surface area contributed by atoms with E-state index in [4.69, 9.17) is 4.74 Å². The molecule has 1 N–H and O–H groups in total. The number of hydrogen-bond donors (Lipinski definition) is 1. The van der Waals surface area contributed by atoms with Crippen LogP contribution >= 0.6 is 0 Å². The van der Waals surface area contributed by atoms with Gasteiger partial charge in [0.2, 0.25) is 0 Å². The number of anilines is 1. The Morgan fingerprint density at radius 3 is 2.30 bits per heavy atom. The summed E-state index contributed by atoms with van der Waals surface area (Å²) in [6.45, 7) is 1.70. The molecule has 0 aliphatic carbocycles. The minimum atomic E-state index is -0.750. The van der Waals surface area contributed by atoms with E-state index in [1.165, 1.54) is 0 Å².